The van der Waals surface area contributed by atoms with E-state index in [0.29, 0.717) is 16.7 Å². The van der Waals surface area contributed by atoms with E-state index in [1.165, 1.54) is 13.0 Å². The van der Waals surface area contributed by atoms with E-state index >= 15 is 0 Å². The van der Waals surface area contributed by atoms with Crippen LogP contribution in [0.1, 0.15) is 22.3 Å². The molecule has 0 saturated heterocycles. The molecule has 13 heavy (non-hydrogen) atoms. The molecule has 0 nitrogen and oxygen atoms in total. The lowest BCUT2D eigenvalue weighted by atomic mass is 9.98. The molecule has 0 unspecified atom stereocenters. The molecule has 0 saturated carbocycles. The van der Waals surface area contributed by atoms with Gasteiger partial charge in [0.2, 0.25) is 0 Å². The van der Waals surface area contributed by atoms with E-state index in [-0.39, 0.29) is 5.56 Å². The Bertz CT molecular complexity index is 336. The molecule has 2 heteroatoms. The predicted molar refractivity (Wildman–Crippen MR) is 50.7 cm³/mol. The summed E-state index contributed by atoms with van der Waals surface area (Å²) < 4.78 is 26.7. The Kier molecular flexibility index (Phi) is 2.50. The molecule has 0 spiro atoms. The van der Waals surface area contributed by atoms with Gasteiger partial charge in [-0.2, -0.15) is 0 Å². The van der Waals surface area contributed by atoms with Gasteiger partial charge in [0.15, 0.2) is 0 Å². The zero-order valence-electron chi connectivity index (χ0n) is 8.04. The van der Waals surface area contributed by atoms with Gasteiger partial charge in [-0.1, -0.05) is 12.7 Å². The first-order chi connectivity index (χ1) is 6.00. The molecule has 0 N–H and O–H groups in total. The van der Waals surface area contributed by atoms with Crippen LogP contribution in [0, 0.1) is 32.4 Å². The Labute approximate surface area is 76.9 Å². The number of benzene rings is 1. The molecule has 0 aromatic heterocycles. The zero-order valence-corrected chi connectivity index (χ0v) is 8.04. The van der Waals surface area contributed by atoms with Crippen LogP contribution in [-0.4, -0.2) is 0 Å². The highest BCUT2D eigenvalue weighted by Crippen LogP contribution is 2.25. The molecular weight excluding hydrogens is 170 g/mol. The van der Waals surface area contributed by atoms with Crippen LogP contribution in [-0.2, 0) is 0 Å². The lowest BCUT2D eigenvalue weighted by Gasteiger charge is -2.10. The molecule has 0 bridgehead atoms. The van der Waals surface area contributed by atoms with Crippen LogP contribution in [0.5, 0.6) is 0 Å². The predicted octanol–water partition coefficient (Wildman–Crippen LogP) is 3.53. The molecular formula is C11H12F2. The van der Waals surface area contributed by atoms with Crippen molar-refractivity contribution in [3.8, 4) is 0 Å². The first kappa shape index (κ1) is 9.90. The normalized spacial score (nSPS) is 10.2. The SMILES string of the molecule is C=Cc1c(C)c(F)c(C)c(F)c1C. The van der Waals surface area contributed by atoms with Crippen molar-refractivity contribution < 1.29 is 8.78 Å². The van der Waals surface area contributed by atoms with Gasteiger partial charge < -0.3 is 0 Å². The summed E-state index contributed by atoms with van der Waals surface area (Å²) >= 11 is 0. The Morgan fingerprint density at radius 1 is 0.923 bits per heavy atom. The average Bonchev–Trinajstić information content (AvgIpc) is 2.13. The number of rotatable bonds is 1. The highest BCUT2D eigenvalue weighted by molar-refractivity contribution is 5.57. The molecule has 0 heterocycles. The van der Waals surface area contributed by atoms with Gasteiger partial charge in [-0.15, -0.1) is 0 Å². The van der Waals surface area contributed by atoms with E-state index < -0.39 is 11.6 Å². The summed E-state index contributed by atoms with van der Waals surface area (Å²) in [4.78, 5) is 0. The van der Waals surface area contributed by atoms with Crippen LogP contribution in [0.2, 0.25) is 0 Å². The van der Waals surface area contributed by atoms with Crippen LogP contribution in [0.4, 0.5) is 8.78 Å². The fourth-order valence-electron chi connectivity index (χ4n) is 1.48. The summed E-state index contributed by atoms with van der Waals surface area (Å²) in [5, 5.41) is 0. The monoisotopic (exact) mass is 182 g/mol. The largest absolute Gasteiger partial charge is 0.206 e. The number of hydrogen-bond donors (Lipinski definition) is 0. The van der Waals surface area contributed by atoms with Crippen molar-refractivity contribution >= 4 is 6.08 Å². The first-order valence-electron chi connectivity index (χ1n) is 4.07. The lowest BCUT2D eigenvalue weighted by Crippen LogP contribution is -2.00. The molecule has 0 atom stereocenters. The van der Waals surface area contributed by atoms with Gasteiger partial charge in [0, 0.05) is 5.56 Å². The van der Waals surface area contributed by atoms with Crippen molar-refractivity contribution in [2.24, 2.45) is 0 Å². The van der Waals surface area contributed by atoms with E-state index in [0.717, 1.165) is 0 Å². The minimum Gasteiger partial charge on any atom is -0.206 e. The summed E-state index contributed by atoms with van der Waals surface area (Å²) in [6.07, 6.45) is 1.48. The topological polar surface area (TPSA) is 0 Å². The Morgan fingerprint density at radius 3 is 1.62 bits per heavy atom. The van der Waals surface area contributed by atoms with Crippen LogP contribution < -0.4 is 0 Å². The molecule has 0 radical (unpaired) electrons. The van der Waals surface area contributed by atoms with E-state index in [9.17, 15) is 8.78 Å². The third-order valence-corrected chi connectivity index (χ3v) is 2.33. The maximum Gasteiger partial charge on any atom is 0.132 e. The van der Waals surface area contributed by atoms with Gasteiger partial charge in [0.05, 0.1) is 0 Å². The van der Waals surface area contributed by atoms with Gasteiger partial charge in [0.1, 0.15) is 11.6 Å². The van der Waals surface area contributed by atoms with E-state index in [1.54, 1.807) is 13.8 Å². The summed E-state index contributed by atoms with van der Waals surface area (Å²) in [5.74, 6) is -0.948. The lowest BCUT2D eigenvalue weighted by molar-refractivity contribution is 0.556. The van der Waals surface area contributed by atoms with E-state index in [2.05, 4.69) is 6.58 Å². The molecule has 0 aliphatic carbocycles. The van der Waals surface area contributed by atoms with Gasteiger partial charge in [-0.05, 0) is 37.5 Å². The molecule has 0 aliphatic heterocycles. The summed E-state index contributed by atoms with van der Waals surface area (Å²) in [6.45, 7) is 8.23. The van der Waals surface area contributed by atoms with E-state index in [4.69, 9.17) is 0 Å². The summed E-state index contributed by atoms with van der Waals surface area (Å²) in [5.41, 5.74) is 1.57. The van der Waals surface area contributed by atoms with Crippen molar-refractivity contribution in [3.05, 3.63) is 40.5 Å². The van der Waals surface area contributed by atoms with Crippen molar-refractivity contribution in [1.29, 1.82) is 0 Å². The molecule has 0 aliphatic rings. The number of halogens is 2. The second kappa shape index (κ2) is 3.29. The maximum atomic E-state index is 13.3. The maximum absolute atomic E-state index is 13.3. The highest BCUT2D eigenvalue weighted by atomic mass is 19.1. The summed E-state index contributed by atoms with van der Waals surface area (Å²) in [7, 11) is 0. The molecule has 1 aromatic carbocycles. The Balaban J connectivity index is 3.66. The molecule has 1 aromatic rings. The first-order valence-corrected chi connectivity index (χ1v) is 4.07. The molecule has 1 rings (SSSR count). The van der Waals surface area contributed by atoms with Crippen LogP contribution in [0.15, 0.2) is 6.58 Å². The second-order valence-electron chi connectivity index (χ2n) is 3.12. The Hall–Kier alpha value is -1.18. The third-order valence-electron chi connectivity index (χ3n) is 2.33. The van der Waals surface area contributed by atoms with Crippen molar-refractivity contribution in [2.75, 3.05) is 0 Å². The smallest absolute Gasteiger partial charge is 0.132 e. The molecule has 70 valence electrons. The van der Waals surface area contributed by atoms with Crippen molar-refractivity contribution in [1.82, 2.24) is 0 Å². The highest BCUT2D eigenvalue weighted by Gasteiger charge is 2.14. The quantitative estimate of drug-likeness (QED) is 0.623. The summed E-state index contributed by atoms with van der Waals surface area (Å²) in [6, 6.07) is 0. The van der Waals surface area contributed by atoms with Crippen molar-refractivity contribution in [2.45, 2.75) is 20.8 Å². The number of hydrogen-bond acceptors (Lipinski definition) is 0. The van der Waals surface area contributed by atoms with Crippen LogP contribution in [0.25, 0.3) is 6.08 Å². The van der Waals surface area contributed by atoms with Crippen LogP contribution >= 0.6 is 0 Å². The van der Waals surface area contributed by atoms with Crippen LogP contribution in [0.3, 0.4) is 0 Å². The van der Waals surface area contributed by atoms with Gasteiger partial charge in [-0.3, -0.25) is 0 Å². The Morgan fingerprint density at radius 2 is 1.31 bits per heavy atom. The van der Waals surface area contributed by atoms with Gasteiger partial charge >= 0.3 is 0 Å². The zero-order chi connectivity index (χ0) is 10.2. The van der Waals surface area contributed by atoms with Gasteiger partial charge in [-0.25, -0.2) is 8.78 Å². The molecule has 0 amide bonds. The fraction of sp³-hybridized carbons (Fsp3) is 0.273. The van der Waals surface area contributed by atoms with E-state index in [1.807, 2.05) is 0 Å². The fourth-order valence-corrected chi connectivity index (χ4v) is 1.48. The minimum atomic E-state index is -0.474. The second-order valence-corrected chi connectivity index (χ2v) is 3.12. The standard InChI is InChI=1S/C11H12F2/c1-5-9-6(2)10(12)8(4)11(13)7(9)3/h5H,1H2,2-4H3. The average molecular weight is 182 g/mol. The third kappa shape index (κ3) is 1.37. The minimum absolute atomic E-state index is 0.0839. The van der Waals surface area contributed by atoms with Crippen molar-refractivity contribution in [3.63, 3.8) is 0 Å². The van der Waals surface area contributed by atoms with Gasteiger partial charge in [0.25, 0.3) is 0 Å². The molecule has 0 fully saturated rings.